The molecule has 5 nitrogen and oxygen atoms in total. The van der Waals surface area contributed by atoms with Gasteiger partial charge in [0, 0.05) is 11.8 Å². The third-order valence-electron chi connectivity index (χ3n) is 3.63. The zero-order valence-electron chi connectivity index (χ0n) is 10.6. The molecule has 0 radical (unpaired) electrons. The molecule has 2 aliphatic rings. The number of nitrogens with zero attached hydrogens (tertiary/aromatic N) is 1. The molecule has 2 saturated heterocycles. The van der Waals surface area contributed by atoms with E-state index in [-0.39, 0.29) is 17.9 Å². The molecule has 0 aliphatic carbocycles. The van der Waals surface area contributed by atoms with Crippen LogP contribution in [0.5, 0.6) is 0 Å². The maximum Gasteiger partial charge on any atom is 0.240 e. The average Bonchev–Trinajstić information content (AvgIpc) is 2.86. The van der Waals surface area contributed by atoms with Crippen LogP contribution in [-0.2, 0) is 9.59 Å². The summed E-state index contributed by atoms with van der Waals surface area (Å²) in [5.74, 6) is 0.182. The Labute approximate surface area is 112 Å². The van der Waals surface area contributed by atoms with E-state index in [4.69, 9.17) is 5.73 Å². The number of carbonyl (C=O) groups excluding carboxylic acids is 2. The minimum absolute atomic E-state index is 0.0693. The first-order chi connectivity index (χ1) is 8.68. The molecule has 0 saturated carbocycles. The van der Waals surface area contributed by atoms with Crippen molar-refractivity contribution in [2.75, 3.05) is 25.4 Å². The number of carbonyl (C=O) groups is 2. The molecule has 6 heteroatoms. The van der Waals surface area contributed by atoms with Crippen molar-refractivity contribution < 1.29 is 9.59 Å². The fraction of sp³-hybridized carbons (Fsp3) is 0.833. The van der Waals surface area contributed by atoms with Gasteiger partial charge in [-0.3, -0.25) is 9.59 Å². The maximum absolute atomic E-state index is 12.1. The van der Waals surface area contributed by atoms with Crippen molar-refractivity contribution in [1.29, 1.82) is 0 Å². The largest absolute Gasteiger partial charge is 0.368 e. The predicted molar refractivity (Wildman–Crippen MR) is 72.3 cm³/mol. The number of hydrogen-bond acceptors (Lipinski definition) is 4. The summed E-state index contributed by atoms with van der Waals surface area (Å²) in [5.41, 5.74) is 5.32. The maximum atomic E-state index is 12.1. The van der Waals surface area contributed by atoms with Crippen LogP contribution in [0.1, 0.15) is 25.7 Å². The quantitative estimate of drug-likeness (QED) is 0.751. The fourth-order valence-corrected chi connectivity index (χ4v) is 3.71. The lowest BCUT2D eigenvalue weighted by atomic mass is 10.2. The molecule has 102 valence electrons. The lowest BCUT2D eigenvalue weighted by molar-refractivity contribution is -0.135. The lowest BCUT2D eigenvalue weighted by Gasteiger charge is -2.25. The minimum Gasteiger partial charge on any atom is -0.368 e. The Kier molecular flexibility index (Phi) is 4.88. The van der Waals surface area contributed by atoms with Crippen LogP contribution in [0.15, 0.2) is 0 Å². The molecule has 0 aromatic heterocycles. The van der Waals surface area contributed by atoms with E-state index in [2.05, 4.69) is 5.32 Å². The Bertz CT molecular complexity index is 318. The zero-order chi connectivity index (χ0) is 13.0. The highest BCUT2D eigenvalue weighted by atomic mass is 32.2. The molecule has 0 aromatic carbocycles. The van der Waals surface area contributed by atoms with E-state index in [1.165, 1.54) is 0 Å². The van der Waals surface area contributed by atoms with Crippen molar-refractivity contribution in [3.05, 3.63) is 0 Å². The number of thioether (sulfide) groups is 1. The van der Waals surface area contributed by atoms with Gasteiger partial charge in [0.1, 0.15) is 6.04 Å². The minimum atomic E-state index is -0.369. The van der Waals surface area contributed by atoms with Gasteiger partial charge in [0.2, 0.25) is 11.8 Å². The molecule has 18 heavy (non-hydrogen) atoms. The van der Waals surface area contributed by atoms with Gasteiger partial charge in [0.15, 0.2) is 0 Å². The van der Waals surface area contributed by atoms with Crippen LogP contribution in [0, 0.1) is 0 Å². The third-order valence-corrected chi connectivity index (χ3v) is 4.99. The number of piperidine rings is 1. The molecule has 2 rings (SSSR count). The Morgan fingerprint density at radius 2 is 2.00 bits per heavy atom. The summed E-state index contributed by atoms with van der Waals surface area (Å²) < 4.78 is 0. The Morgan fingerprint density at radius 3 is 2.67 bits per heavy atom. The standard InChI is InChI=1S/C12H21N3O2S/c13-12(17)10-2-1-7-15(10)11(16)8-18-9-3-5-14-6-4-9/h9-10,14H,1-8H2,(H2,13,17). The highest BCUT2D eigenvalue weighted by molar-refractivity contribution is 8.00. The van der Waals surface area contributed by atoms with E-state index in [9.17, 15) is 9.59 Å². The van der Waals surface area contributed by atoms with Gasteiger partial charge < -0.3 is 16.0 Å². The summed E-state index contributed by atoms with van der Waals surface area (Å²) >= 11 is 1.72. The van der Waals surface area contributed by atoms with Gasteiger partial charge in [0.25, 0.3) is 0 Å². The molecule has 1 atom stereocenters. The van der Waals surface area contributed by atoms with E-state index < -0.39 is 0 Å². The predicted octanol–water partition coefficient (Wildman–Crippen LogP) is -0.0521. The van der Waals surface area contributed by atoms with E-state index >= 15 is 0 Å². The van der Waals surface area contributed by atoms with Crippen LogP contribution >= 0.6 is 11.8 Å². The summed E-state index contributed by atoms with van der Waals surface area (Å²) in [4.78, 5) is 25.0. The second kappa shape index (κ2) is 6.43. The Morgan fingerprint density at radius 1 is 1.28 bits per heavy atom. The van der Waals surface area contributed by atoms with Gasteiger partial charge in [-0.2, -0.15) is 0 Å². The van der Waals surface area contributed by atoms with Crippen LogP contribution in [-0.4, -0.2) is 53.4 Å². The van der Waals surface area contributed by atoms with E-state index in [0.29, 0.717) is 17.5 Å². The van der Waals surface area contributed by atoms with Crippen LogP contribution < -0.4 is 11.1 Å². The zero-order valence-corrected chi connectivity index (χ0v) is 11.4. The number of nitrogens with two attached hydrogens (primary N) is 1. The third kappa shape index (κ3) is 3.38. The van der Waals surface area contributed by atoms with Crippen molar-refractivity contribution in [3.63, 3.8) is 0 Å². The van der Waals surface area contributed by atoms with E-state index in [0.717, 1.165) is 38.8 Å². The number of primary amides is 1. The molecule has 3 N–H and O–H groups in total. The first-order valence-electron chi connectivity index (χ1n) is 6.59. The summed E-state index contributed by atoms with van der Waals surface area (Å²) in [7, 11) is 0. The van der Waals surface area contributed by atoms with Crippen molar-refractivity contribution in [2.24, 2.45) is 5.73 Å². The molecular weight excluding hydrogens is 250 g/mol. The van der Waals surface area contributed by atoms with Crippen molar-refractivity contribution >= 4 is 23.6 Å². The fourth-order valence-electron chi connectivity index (χ4n) is 2.60. The molecule has 0 spiro atoms. The lowest BCUT2D eigenvalue weighted by Crippen LogP contribution is -2.44. The molecule has 2 amide bonds. The topological polar surface area (TPSA) is 75.4 Å². The van der Waals surface area contributed by atoms with Gasteiger partial charge in [-0.1, -0.05) is 0 Å². The molecular formula is C12H21N3O2S. The second-order valence-corrected chi connectivity index (χ2v) is 6.20. The Balaban J connectivity index is 1.78. The monoisotopic (exact) mass is 271 g/mol. The summed E-state index contributed by atoms with van der Waals surface area (Å²) in [6, 6.07) is -0.369. The van der Waals surface area contributed by atoms with Crippen LogP contribution in [0.4, 0.5) is 0 Å². The number of likely N-dealkylation sites (tertiary alicyclic amines) is 1. The first kappa shape index (κ1) is 13.7. The van der Waals surface area contributed by atoms with Crippen LogP contribution in [0.25, 0.3) is 0 Å². The number of nitrogens with one attached hydrogen (secondary N) is 1. The molecule has 0 bridgehead atoms. The summed E-state index contributed by atoms with van der Waals surface area (Å²) in [6.45, 7) is 2.76. The molecule has 1 unspecified atom stereocenters. The number of hydrogen-bond donors (Lipinski definition) is 2. The van der Waals surface area contributed by atoms with Crippen molar-refractivity contribution in [1.82, 2.24) is 10.2 Å². The summed E-state index contributed by atoms with van der Waals surface area (Å²) in [6.07, 6.45) is 3.85. The average molecular weight is 271 g/mol. The number of amides is 2. The Hall–Kier alpha value is -0.750. The molecule has 2 fully saturated rings. The molecule has 0 aromatic rings. The van der Waals surface area contributed by atoms with Gasteiger partial charge in [0.05, 0.1) is 5.75 Å². The van der Waals surface area contributed by atoms with Gasteiger partial charge in [-0.15, -0.1) is 11.8 Å². The number of rotatable bonds is 4. The van der Waals surface area contributed by atoms with Crippen molar-refractivity contribution in [2.45, 2.75) is 37.0 Å². The van der Waals surface area contributed by atoms with E-state index in [1.54, 1.807) is 16.7 Å². The SMILES string of the molecule is NC(=O)C1CCCN1C(=O)CSC1CCNCC1. The van der Waals surface area contributed by atoms with Crippen LogP contribution in [0.2, 0.25) is 0 Å². The highest BCUT2D eigenvalue weighted by Crippen LogP contribution is 2.23. The van der Waals surface area contributed by atoms with Gasteiger partial charge >= 0.3 is 0 Å². The first-order valence-corrected chi connectivity index (χ1v) is 7.64. The highest BCUT2D eigenvalue weighted by Gasteiger charge is 2.32. The summed E-state index contributed by atoms with van der Waals surface area (Å²) in [5, 5.41) is 3.88. The van der Waals surface area contributed by atoms with Crippen molar-refractivity contribution in [3.8, 4) is 0 Å². The normalized spacial score (nSPS) is 25.3. The van der Waals surface area contributed by atoms with Gasteiger partial charge in [-0.05, 0) is 38.8 Å². The van der Waals surface area contributed by atoms with Gasteiger partial charge in [-0.25, -0.2) is 0 Å². The molecule has 2 aliphatic heterocycles. The smallest absolute Gasteiger partial charge is 0.240 e. The van der Waals surface area contributed by atoms with Crippen LogP contribution in [0.3, 0.4) is 0 Å². The second-order valence-electron chi connectivity index (χ2n) is 4.91. The van der Waals surface area contributed by atoms with E-state index in [1.807, 2.05) is 0 Å². The molecule has 2 heterocycles.